The van der Waals surface area contributed by atoms with E-state index < -0.39 is 11.4 Å². The number of aromatic nitrogens is 2. The first-order valence-corrected chi connectivity index (χ1v) is 6.84. The molecule has 2 atom stereocenters. The van der Waals surface area contributed by atoms with Gasteiger partial charge in [0.1, 0.15) is 0 Å². The first kappa shape index (κ1) is 13.1. The lowest BCUT2D eigenvalue weighted by molar-refractivity contribution is -0.148. The fraction of sp³-hybridized carbons (Fsp3) is 0.714. The molecule has 0 aliphatic heterocycles. The Morgan fingerprint density at radius 3 is 2.89 bits per heavy atom. The molecule has 1 saturated carbocycles. The minimum absolute atomic E-state index is 0.553. The monoisotopic (exact) mass is 250 g/mol. The predicted molar refractivity (Wildman–Crippen MR) is 69.3 cm³/mol. The Balaban J connectivity index is 2.14. The van der Waals surface area contributed by atoms with Gasteiger partial charge in [0.15, 0.2) is 0 Å². The van der Waals surface area contributed by atoms with Crippen LogP contribution >= 0.6 is 0 Å². The Morgan fingerprint density at radius 1 is 1.61 bits per heavy atom. The molecule has 0 bridgehead atoms. The quantitative estimate of drug-likeness (QED) is 0.874. The van der Waals surface area contributed by atoms with E-state index >= 15 is 0 Å². The van der Waals surface area contributed by atoms with Crippen LogP contribution < -0.4 is 0 Å². The molecule has 0 radical (unpaired) electrons. The minimum atomic E-state index is -0.636. The highest BCUT2D eigenvalue weighted by atomic mass is 16.4. The van der Waals surface area contributed by atoms with Crippen LogP contribution in [0.1, 0.15) is 45.1 Å². The molecular weight excluding hydrogens is 228 g/mol. The Kier molecular flexibility index (Phi) is 3.73. The number of aryl methyl sites for hydroxylation is 1. The van der Waals surface area contributed by atoms with Crippen molar-refractivity contribution < 1.29 is 9.90 Å². The van der Waals surface area contributed by atoms with E-state index in [1.807, 2.05) is 24.0 Å². The number of nitrogens with zero attached hydrogens (tertiary/aromatic N) is 2. The van der Waals surface area contributed by atoms with Crippen molar-refractivity contribution in [3.63, 3.8) is 0 Å². The lowest BCUT2D eigenvalue weighted by Gasteiger charge is -2.23. The standard InChI is InChI=1S/C14H22N2O2/c1-3-11-5-6-14(7-11,13(17)18)8-12-9-15-16(4-2)10-12/h9-11H,3-8H2,1-2H3,(H,17,18). The third-order valence-corrected chi connectivity index (χ3v) is 4.29. The van der Waals surface area contributed by atoms with E-state index in [1.165, 1.54) is 0 Å². The maximum atomic E-state index is 11.6. The molecule has 0 saturated heterocycles. The fourth-order valence-corrected chi connectivity index (χ4v) is 3.08. The van der Waals surface area contributed by atoms with Crippen LogP contribution in [0.2, 0.25) is 0 Å². The Labute approximate surface area is 108 Å². The van der Waals surface area contributed by atoms with Crippen LogP contribution in [0.5, 0.6) is 0 Å². The molecule has 0 spiro atoms. The van der Waals surface area contributed by atoms with Crippen molar-refractivity contribution in [2.75, 3.05) is 0 Å². The van der Waals surface area contributed by atoms with Gasteiger partial charge >= 0.3 is 5.97 Å². The van der Waals surface area contributed by atoms with Crippen molar-refractivity contribution in [2.45, 2.75) is 52.5 Å². The van der Waals surface area contributed by atoms with Gasteiger partial charge in [-0.2, -0.15) is 5.10 Å². The first-order valence-electron chi connectivity index (χ1n) is 6.84. The van der Waals surface area contributed by atoms with Crippen molar-refractivity contribution in [1.82, 2.24) is 9.78 Å². The van der Waals surface area contributed by atoms with Crippen molar-refractivity contribution in [1.29, 1.82) is 0 Å². The number of hydrogen-bond acceptors (Lipinski definition) is 2. The van der Waals surface area contributed by atoms with Gasteiger partial charge in [-0.25, -0.2) is 0 Å². The maximum Gasteiger partial charge on any atom is 0.309 e. The summed E-state index contributed by atoms with van der Waals surface area (Å²) in [5.74, 6) is -0.0648. The molecule has 2 rings (SSSR count). The zero-order valence-corrected chi connectivity index (χ0v) is 11.2. The highest BCUT2D eigenvalue weighted by Crippen LogP contribution is 2.45. The number of hydrogen-bond donors (Lipinski definition) is 1. The van der Waals surface area contributed by atoms with Gasteiger partial charge in [-0.1, -0.05) is 13.3 Å². The van der Waals surface area contributed by atoms with Crippen molar-refractivity contribution in [3.05, 3.63) is 18.0 Å². The van der Waals surface area contributed by atoms with E-state index in [1.54, 1.807) is 0 Å². The van der Waals surface area contributed by atoms with Crippen LogP contribution in [-0.4, -0.2) is 20.9 Å². The van der Waals surface area contributed by atoms with Gasteiger partial charge in [0, 0.05) is 12.7 Å². The summed E-state index contributed by atoms with van der Waals surface area (Å²) in [6, 6.07) is 0. The molecular formula is C14H22N2O2. The average Bonchev–Trinajstić information content (AvgIpc) is 2.97. The van der Waals surface area contributed by atoms with Gasteiger partial charge in [0.2, 0.25) is 0 Å². The van der Waals surface area contributed by atoms with Crippen LogP contribution in [0, 0.1) is 11.3 Å². The lowest BCUT2D eigenvalue weighted by atomic mass is 9.80. The van der Waals surface area contributed by atoms with Gasteiger partial charge in [-0.3, -0.25) is 9.48 Å². The SMILES string of the molecule is CCC1CCC(Cc2cnn(CC)c2)(C(=O)O)C1. The lowest BCUT2D eigenvalue weighted by Crippen LogP contribution is -2.30. The molecule has 1 fully saturated rings. The Hall–Kier alpha value is -1.32. The van der Waals surface area contributed by atoms with Gasteiger partial charge < -0.3 is 5.11 Å². The van der Waals surface area contributed by atoms with E-state index in [-0.39, 0.29) is 0 Å². The summed E-state index contributed by atoms with van der Waals surface area (Å²) in [5, 5.41) is 13.8. The summed E-state index contributed by atoms with van der Waals surface area (Å²) in [5.41, 5.74) is 0.499. The molecule has 1 aliphatic rings. The topological polar surface area (TPSA) is 55.1 Å². The molecule has 4 nitrogen and oxygen atoms in total. The molecule has 0 amide bonds. The van der Waals surface area contributed by atoms with E-state index in [2.05, 4.69) is 12.0 Å². The molecule has 1 aliphatic carbocycles. The average molecular weight is 250 g/mol. The molecule has 4 heteroatoms. The fourth-order valence-electron chi connectivity index (χ4n) is 3.08. The van der Waals surface area contributed by atoms with Crippen LogP contribution in [0.25, 0.3) is 0 Å². The second-order valence-electron chi connectivity index (χ2n) is 5.48. The molecule has 1 N–H and O–H groups in total. The van der Waals surface area contributed by atoms with Gasteiger partial charge in [-0.05, 0) is 44.1 Å². The summed E-state index contributed by atoms with van der Waals surface area (Å²) >= 11 is 0. The largest absolute Gasteiger partial charge is 0.481 e. The summed E-state index contributed by atoms with van der Waals surface area (Å²) in [6.45, 7) is 5.02. The summed E-state index contributed by atoms with van der Waals surface area (Å²) in [4.78, 5) is 11.6. The summed E-state index contributed by atoms with van der Waals surface area (Å²) in [6.07, 6.45) is 8.17. The third-order valence-electron chi connectivity index (χ3n) is 4.29. The van der Waals surface area contributed by atoms with Crippen LogP contribution in [0.4, 0.5) is 0 Å². The number of carboxylic acid groups (broad SMARTS) is 1. The molecule has 1 aromatic rings. The molecule has 0 aromatic carbocycles. The molecule has 2 unspecified atom stereocenters. The van der Waals surface area contributed by atoms with Crippen LogP contribution in [-0.2, 0) is 17.8 Å². The minimum Gasteiger partial charge on any atom is -0.481 e. The summed E-state index contributed by atoms with van der Waals surface area (Å²) in [7, 11) is 0. The van der Waals surface area contributed by atoms with Gasteiger partial charge in [-0.15, -0.1) is 0 Å². The number of rotatable bonds is 5. The highest BCUT2D eigenvalue weighted by molar-refractivity contribution is 5.75. The second-order valence-corrected chi connectivity index (χ2v) is 5.48. The predicted octanol–water partition coefficient (Wildman–Crippen LogP) is 2.73. The Morgan fingerprint density at radius 2 is 2.39 bits per heavy atom. The number of carboxylic acids is 1. The highest BCUT2D eigenvalue weighted by Gasteiger charge is 2.44. The van der Waals surface area contributed by atoms with Crippen molar-refractivity contribution in [3.8, 4) is 0 Å². The van der Waals surface area contributed by atoms with Gasteiger partial charge in [0.25, 0.3) is 0 Å². The number of carbonyl (C=O) groups is 1. The normalized spacial score (nSPS) is 27.6. The van der Waals surface area contributed by atoms with E-state index in [0.717, 1.165) is 37.8 Å². The summed E-state index contributed by atoms with van der Waals surface area (Å²) < 4.78 is 1.86. The third kappa shape index (κ3) is 2.42. The van der Waals surface area contributed by atoms with Crippen LogP contribution in [0.3, 0.4) is 0 Å². The smallest absolute Gasteiger partial charge is 0.309 e. The van der Waals surface area contributed by atoms with E-state index in [0.29, 0.717) is 12.3 Å². The number of aliphatic carboxylic acids is 1. The molecule has 1 heterocycles. The van der Waals surface area contributed by atoms with E-state index in [4.69, 9.17) is 0 Å². The zero-order chi connectivity index (χ0) is 13.2. The first-order chi connectivity index (χ1) is 8.59. The molecule has 1 aromatic heterocycles. The molecule has 18 heavy (non-hydrogen) atoms. The Bertz CT molecular complexity index is 427. The zero-order valence-electron chi connectivity index (χ0n) is 11.2. The van der Waals surface area contributed by atoms with Gasteiger partial charge in [0.05, 0.1) is 11.6 Å². The van der Waals surface area contributed by atoms with Crippen molar-refractivity contribution in [2.24, 2.45) is 11.3 Å². The van der Waals surface area contributed by atoms with E-state index in [9.17, 15) is 9.90 Å². The van der Waals surface area contributed by atoms with Crippen molar-refractivity contribution >= 4 is 5.97 Å². The second kappa shape index (κ2) is 5.12. The molecule has 100 valence electrons. The maximum absolute atomic E-state index is 11.6. The van der Waals surface area contributed by atoms with Crippen LogP contribution in [0.15, 0.2) is 12.4 Å².